The van der Waals surface area contributed by atoms with Crippen LogP contribution >= 0.6 is 11.8 Å². The van der Waals surface area contributed by atoms with Crippen molar-refractivity contribution in [3.63, 3.8) is 0 Å². The van der Waals surface area contributed by atoms with Gasteiger partial charge in [-0.1, -0.05) is 25.6 Å². The molecule has 1 unspecified atom stereocenters. The van der Waals surface area contributed by atoms with E-state index in [4.69, 9.17) is 5.26 Å². The first-order chi connectivity index (χ1) is 7.49. The number of nitrogens with one attached hydrogen (secondary N) is 1. The van der Waals surface area contributed by atoms with Gasteiger partial charge in [-0.2, -0.15) is 5.26 Å². The monoisotopic (exact) mass is 242 g/mol. The van der Waals surface area contributed by atoms with Crippen molar-refractivity contribution in [3.8, 4) is 6.19 Å². The second-order valence-electron chi connectivity index (χ2n) is 4.42. The normalized spacial score (nSPS) is 14.0. The van der Waals surface area contributed by atoms with Gasteiger partial charge < -0.3 is 4.90 Å². The molecule has 5 heteroatoms. The molecule has 0 amide bonds. The zero-order valence-electron chi connectivity index (χ0n) is 10.8. The van der Waals surface area contributed by atoms with E-state index in [1.165, 1.54) is 11.8 Å². The molecule has 92 valence electrons. The first-order valence-electron chi connectivity index (χ1n) is 5.41. The van der Waals surface area contributed by atoms with Gasteiger partial charge in [0, 0.05) is 6.54 Å². The predicted octanol–water partition coefficient (Wildman–Crippen LogP) is 1.75. The number of nitriles is 1. The lowest BCUT2D eigenvalue weighted by Crippen LogP contribution is -2.28. The molecule has 0 spiro atoms. The average Bonchev–Trinajstić information content (AvgIpc) is 2.14. The summed E-state index contributed by atoms with van der Waals surface area (Å²) in [6.07, 6.45) is 4.87. The minimum Gasteiger partial charge on any atom is -0.307 e. The fourth-order valence-electron chi connectivity index (χ4n) is 1.48. The molecule has 0 aromatic rings. The number of hydrogen-bond donors (Lipinski definition) is 1. The van der Waals surface area contributed by atoms with Crippen LogP contribution in [0.1, 0.15) is 20.3 Å². The van der Waals surface area contributed by atoms with Crippen molar-refractivity contribution in [1.82, 2.24) is 10.2 Å². The largest absolute Gasteiger partial charge is 0.307 e. The molecule has 0 aromatic heterocycles. The highest BCUT2D eigenvalue weighted by Crippen LogP contribution is 2.11. The highest BCUT2D eigenvalue weighted by molar-refractivity contribution is 8.13. The number of nitrogens with zero attached hydrogens (tertiary/aromatic N) is 3. The van der Waals surface area contributed by atoms with Gasteiger partial charge in [0.2, 0.25) is 0 Å². The van der Waals surface area contributed by atoms with Gasteiger partial charge in [0.25, 0.3) is 0 Å². The summed E-state index contributed by atoms with van der Waals surface area (Å²) in [5, 5.41) is 11.9. The lowest BCUT2D eigenvalue weighted by Gasteiger charge is -2.19. The summed E-state index contributed by atoms with van der Waals surface area (Å²) >= 11 is 1.47. The van der Waals surface area contributed by atoms with Gasteiger partial charge in [-0.15, -0.1) is 0 Å². The van der Waals surface area contributed by atoms with Gasteiger partial charge in [0.15, 0.2) is 11.4 Å². The van der Waals surface area contributed by atoms with Crippen LogP contribution in [0.3, 0.4) is 0 Å². The Morgan fingerprint density at radius 2 is 2.12 bits per heavy atom. The van der Waals surface area contributed by atoms with Crippen molar-refractivity contribution in [2.75, 3.05) is 26.9 Å². The van der Waals surface area contributed by atoms with E-state index in [2.05, 4.69) is 29.1 Å². The van der Waals surface area contributed by atoms with Crippen molar-refractivity contribution < 1.29 is 0 Å². The zero-order chi connectivity index (χ0) is 12.6. The van der Waals surface area contributed by atoms with Crippen molar-refractivity contribution in [2.45, 2.75) is 26.3 Å². The lowest BCUT2D eigenvalue weighted by atomic mass is 10.0. The van der Waals surface area contributed by atoms with Crippen LogP contribution in [0.25, 0.3) is 0 Å². The van der Waals surface area contributed by atoms with Crippen LogP contribution in [0.5, 0.6) is 0 Å². The predicted molar refractivity (Wildman–Crippen MR) is 71.5 cm³/mol. The van der Waals surface area contributed by atoms with Crippen molar-refractivity contribution in [3.05, 3.63) is 0 Å². The number of thioether (sulfide) groups is 1. The van der Waals surface area contributed by atoms with E-state index in [-0.39, 0.29) is 6.04 Å². The topological polar surface area (TPSA) is 51.4 Å². The molecule has 0 aromatic carbocycles. The smallest absolute Gasteiger partial charge is 0.183 e. The van der Waals surface area contributed by atoms with Crippen LogP contribution in [0.4, 0.5) is 0 Å². The number of aliphatic imine (C=N–C) groups is 1. The van der Waals surface area contributed by atoms with Crippen LogP contribution in [0, 0.1) is 17.4 Å². The number of hydrogen-bond acceptors (Lipinski definition) is 4. The summed E-state index contributed by atoms with van der Waals surface area (Å²) in [7, 11) is 4.08. The molecule has 1 N–H and O–H groups in total. The Labute approximate surface area is 103 Å². The zero-order valence-corrected chi connectivity index (χ0v) is 11.6. The molecule has 1 atom stereocenters. The molecule has 0 radical (unpaired) electrons. The minimum atomic E-state index is 0.248. The van der Waals surface area contributed by atoms with Gasteiger partial charge in [0.05, 0.1) is 6.04 Å². The molecule has 0 fully saturated rings. The molecule has 0 rings (SSSR count). The summed E-state index contributed by atoms with van der Waals surface area (Å²) in [6, 6.07) is 0.248. The van der Waals surface area contributed by atoms with E-state index in [1.807, 2.05) is 26.5 Å². The molecular weight excluding hydrogens is 220 g/mol. The van der Waals surface area contributed by atoms with Gasteiger partial charge in [-0.05, 0) is 32.7 Å². The third-order valence-corrected chi connectivity index (χ3v) is 2.57. The van der Waals surface area contributed by atoms with Gasteiger partial charge in [-0.3, -0.25) is 10.3 Å². The second-order valence-corrected chi connectivity index (χ2v) is 5.22. The average molecular weight is 242 g/mol. The molecule has 0 saturated heterocycles. The molecule has 4 nitrogen and oxygen atoms in total. The number of rotatable bonds is 5. The maximum absolute atomic E-state index is 8.58. The molecule has 0 heterocycles. The Morgan fingerprint density at radius 3 is 2.50 bits per heavy atom. The molecular formula is C11H22N4S. The SMILES string of the molecule is CSC(=NC(CC(C)C)CN(C)C)NC#N. The van der Waals surface area contributed by atoms with Crippen molar-refractivity contribution in [2.24, 2.45) is 10.9 Å². The molecule has 0 aliphatic heterocycles. The van der Waals surface area contributed by atoms with Crippen molar-refractivity contribution >= 4 is 16.9 Å². The fraction of sp³-hybridized carbons (Fsp3) is 0.818. The van der Waals surface area contributed by atoms with Crippen molar-refractivity contribution in [1.29, 1.82) is 5.26 Å². The Bertz CT molecular complexity index is 245. The summed E-state index contributed by atoms with van der Waals surface area (Å²) in [4.78, 5) is 6.69. The molecule has 0 aliphatic carbocycles. The van der Waals surface area contributed by atoms with E-state index < -0.39 is 0 Å². The van der Waals surface area contributed by atoms with Gasteiger partial charge in [-0.25, -0.2) is 0 Å². The maximum atomic E-state index is 8.58. The molecule has 0 aliphatic rings. The summed E-state index contributed by atoms with van der Waals surface area (Å²) in [5.41, 5.74) is 0. The van der Waals surface area contributed by atoms with Gasteiger partial charge >= 0.3 is 0 Å². The van der Waals surface area contributed by atoms with Gasteiger partial charge in [0.1, 0.15) is 0 Å². The summed E-state index contributed by atoms with van der Waals surface area (Å²) < 4.78 is 0. The lowest BCUT2D eigenvalue weighted by molar-refractivity contribution is 0.345. The van der Waals surface area contributed by atoms with E-state index in [0.717, 1.165) is 13.0 Å². The second kappa shape index (κ2) is 8.43. The Kier molecular flexibility index (Phi) is 8.04. The van der Waals surface area contributed by atoms with Crippen LogP contribution in [0.2, 0.25) is 0 Å². The third kappa shape index (κ3) is 7.55. The quantitative estimate of drug-likeness (QED) is 0.345. The maximum Gasteiger partial charge on any atom is 0.183 e. The van der Waals surface area contributed by atoms with Crippen LogP contribution in [-0.4, -0.2) is 43.0 Å². The Hall–Kier alpha value is -0.730. The highest BCUT2D eigenvalue weighted by Gasteiger charge is 2.12. The number of amidine groups is 1. The Balaban J connectivity index is 4.54. The molecule has 0 bridgehead atoms. The summed E-state index contributed by atoms with van der Waals surface area (Å²) in [6.45, 7) is 5.29. The Morgan fingerprint density at radius 1 is 1.50 bits per heavy atom. The standard InChI is InChI=1S/C11H22N4S/c1-9(2)6-10(7-15(3)4)14-11(16-5)13-8-12/h9-10H,6-7H2,1-5H3,(H,13,14). The van der Waals surface area contributed by atoms with E-state index >= 15 is 0 Å². The van der Waals surface area contributed by atoms with Crippen LogP contribution in [0.15, 0.2) is 4.99 Å². The first kappa shape index (κ1) is 15.3. The van der Waals surface area contributed by atoms with E-state index in [1.54, 1.807) is 0 Å². The minimum absolute atomic E-state index is 0.248. The third-order valence-electron chi connectivity index (χ3n) is 1.98. The molecule has 16 heavy (non-hydrogen) atoms. The first-order valence-corrected chi connectivity index (χ1v) is 6.63. The highest BCUT2D eigenvalue weighted by atomic mass is 32.2. The number of likely N-dealkylation sites (N-methyl/N-ethyl adjacent to an activating group) is 1. The fourth-order valence-corrected chi connectivity index (χ4v) is 1.89. The van der Waals surface area contributed by atoms with E-state index in [9.17, 15) is 0 Å². The van der Waals surface area contributed by atoms with Crippen LogP contribution in [-0.2, 0) is 0 Å². The molecule has 0 saturated carbocycles. The van der Waals surface area contributed by atoms with Crippen LogP contribution < -0.4 is 5.32 Å². The summed E-state index contributed by atoms with van der Waals surface area (Å²) in [5.74, 6) is 0.610. The van der Waals surface area contributed by atoms with E-state index in [0.29, 0.717) is 11.1 Å².